The molecule has 0 aliphatic heterocycles. The van der Waals surface area contributed by atoms with Gasteiger partial charge in [-0.05, 0) is 25.1 Å². The monoisotopic (exact) mass is 223 g/mol. The van der Waals surface area contributed by atoms with E-state index < -0.39 is 5.97 Å². The van der Waals surface area contributed by atoms with Crippen molar-refractivity contribution < 1.29 is 15.0 Å². The standard InChI is InChI=1S/C12H17NO3/c1-3-9-4-5-11(14)10(6-9)7-13(2)8-12(15)16/h4-6,14H,3,7-8H2,1-2H3,(H,15,16). The van der Waals surface area contributed by atoms with E-state index in [-0.39, 0.29) is 12.3 Å². The molecule has 0 atom stereocenters. The molecular weight excluding hydrogens is 206 g/mol. The summed E-state index contributed by atoms with van der Waals surface area (Å²) in [6, 6.07) is 5.44. The van der Waals surface area contributed by atoms with Gasteiger partial charge in [-0.15, -0.1) is 0 Å². The highest BCUT2D eigenvalue weighted by Gasteiger charge is 2.08. The Balaban J connectivity index is 2.75. The summed E-state index contributed by atoms with van der Waals surface area (Å²) in [7, 11) is 1.71. The summed E-state index contributed by atoms with van der Waals surface area (Å²) in [5.41, 5.74) is 1.90. The zero-order chi connectivity index (χ0) is 12.1. The Bertz CT molecular complexity index is 377. The van der Waals surface area contributed by atoms with Gasteiger partial charge in [0.1, 0.15) is 5.75 Å². The number of phenolic OH excluding ortho intramolecular Hbond substituents is 1. The highest BCUT2D eigenvalue weighted by molar-refractivity contribution is 5.69. The Morgan fingerprint density at radius 2 is 2.12 bits per heavy atom. The number of rotatable bonds is 5. The van der Waals surface area contributed by atoms with Crippen molar-refractivity contribution in [2.24, 2.45) is 0 Å². The first-order valence-electron chi connectivity index (χ1n) is 5.24. The second-order valence-electron chi connectivity index (χ2n) is 3.88. The highest BCUT2D eigenvalue weighted by Crippen LogP contribution is 2.20. The number of carbonyl (C=O) groups is 1. The van der Waals surface area contributed by atoms with E-state index in [2.05, 4.69) is 0 Å². The first-order valence-corrected chi connectivity index (χ1v) is 5.24. The number of carboxylic acid groups (broad SMARTS) is 1. The predicted molar refractivity (Wildman–Crippen MR) is 61.5 cm³/mol. The van der Waals surface area contributed by atoms with Crippen molar-refractivity contribution in [3.63, 3.8) is 0 Å². The number of aliphatic carboxylic acids is 1. The second kappa shape index (κ2) is 5.51. The summed E-state index contributed by atoms with van der Waals surface area (Å²) in [6.45, 7) is 2.44. The fraction of sp³-hybridized carbons (Fsp3) is 0.417. The second-order valence-corrected chi connectivity index (χ2v) is 3.88. The van der Waals surface area contributed by atoms with Crippen LogP contribution in [0.4, 0.5) is 0 Å². The molecule has 0 saturated heterocycles. The summed E-state index contributed by atoms with van der Waals surface area (Å²) < 4.78 is 0. The predicted octanol–water partition coefficient (Wildman–Crippen LogP) is 1.47. The average Bonchev–Trinajstić information content (AvgIpc) is 2.20. The number of aryl methyl sites for hydroxylation is 1. The molecule has 0 amide bonds. The van der Waals surface area contributed by atoms with Crippen LogP contribution in [0.5, 0.6) is 5.75 Å². The fourth-order valence-corrected chi connectivity index (χ4v) is 1.56. The molecule has 0 aromatic heterocycles. The van der Waals surface area contributed by atoms with Crippen LogP contribution in [0, 0.1) is 0 Å². The van der Waals surface area contributed by atoms with Gasteiger partial charge in [0.05, 0.1) is 6.54 Å². The molecule has 0 aliphatic carbocycles. The Hall–Kier alpha value is -1.55. The van der Waals surface area contributed by atoms with Crippen molar-refractivity contribution in [1.82, 2.24) is 4.90 Å². The van der Waals surface area contributed by atoms with Crippen LogP contribution in [0.25, 0.3) is 0 Å². The van der Waals surface area contributed by atoms with Crippen molar-refractivity contribution in [2.45, 2.75) is 19.9 Å². The number of carboxylic acids is 1. The molecule has 0 aliphatic rings. The lowest BCUT2D eigenvalue weighted by Gasteiger charge is -2.15. The van der Waals surface area contributed by atoms with Gasteiger partial charge >= 0.3 is 5.97 Å². The lowest BCUT2D eigenvalue weighted by molar-refractivity contribution is -0.138. The van der Waals surface area contributed by atoms with E-state index in [0.29, 0.717) is 6.54 Å². The van der Waals surface area contributed by atoms with Crippen LogP contribution in [0.2, 0.25) is 0 Å². The third kappa shape index (κ3) is 3.55. The molecule has 1 aromatic rings. The number of likely N-dealkylation sites (N-methyl/N-ethyl adjacent to an activating group) is 1. The van der Waals surface area contributed by atoms with Crippen LogP contribution in [0.3, 0.4) is 0 Å². The molecule has 2 N–H and O–H groups in total. The first-order chi connectivity index (χ1) is 7.52. The Kier molecular flexibility index (Phi) is 4.31. The fourth-order valence-electron chi connectivity index (χ4n) is 1.56. The van der Waals surface area contributed by atoms with E-state index in [9.17, 15) is 9.90 Å². The van der Waals surface area contributed by atoms with Gasteiger partial charge in [-0.2, -0.15) is 0 Å². The minimum Gasteiger partial charge on any atom is -0.508 e. The van der Waals surface area contributed by atoms with Gasteiger partial charge < -0.3 is 10.2 Å². The first kappa shape index (κ1) is 12.5. The van der Waals surface area contributed by atoms with Crippen LogP contribution in [0.15, 0.2) is 18.2 Å². The number of hydrogen-bond donors (Lipinski definition) is 2. The van der Waals surface area contributed by atoms with Gasteiger partial charge in [-0.3, -0.25) is 9.69 Å². The van der Waals surface area contributed by atoms with E-state index >= 15 is 0 Å². The summed E-state index contributed by atoms with van der Waals surface area (Å²) in [4.78, 5) is 12.2. The van der Waals surface area contributed by atoms with Crippen LogP contribution >= 0.6 is 0 Å². The quantitative estimate of drug-likeness (QED) is 0.793. The molecule has 0 spiro atoms. The largest absolute Gasteiger partial charge is 0.508 e. The third-order valence-electron chi connectivity index (χ3n) is 2.40. The molecule has 0 unspecified atom stereocenters. The zero-order valence-electron chi connectivity index (χ0n) is 9.60. The van der Waals surface area contributed by atoms with E-state index in [0.717, 1.165) is 17.5 Å². The van der Waals surface area contributed by atoms with Crippen molar-refractivity contribution in [3.8, 4) is 5.75 Å². The maximum atomic E-state index is 10.5. The summed E-state index contributed by atoms with van der Waals surface area (Å²) >= 11 is 0. The molecule has 0 bridgehead atoms. The van der Waals surface area contributed by atoms with Gasteiger partial charge in [-0.25, -0.2) is 0 Å². The minimum absolute atomic E-state index is 0.0320. The SMILES string of the molecule is CCc1ccc(O)c(CN(C)CC(=O)O)c1. The third-order valence-corrected chi connectivity index (χ3v) is 2.40. The van der Waals surface area contributed by atoms with Crippen LogP contribution in [-0.4, -0.2) is 34.7 Å². The van der Waals surface area contributed by atoms with Crippen molar-refractivity contribution in [3.05, 3.63) is 29.3 Å². The number of phenols is 1. The smallest absolute Gasteiger partial charge is 0.317 e. The normalized spacial score (nSPS) is 10.7. The molecule has 0 heterocycles. The molecule has 4 heteroatoms. The van der Waals surface area contributed by atoms with Gasteiger partial charge in [0.15, 0.2) is 0 Å². The molecule has 0 fully saturated rings. The minimum atomic E-state index is -0.867. The van der Waals surface area contributed by atoms with Crippen LogP contribution in [-0.2, 0) is 17.8 Å². The summed E-state index contributed by atoms with van der Waals surface area (Å²) in [6.07, 6.45) is 0.899. The maximum Gasteiger partial charge on any atom is 0.317 e. The number of hydrogen-bond acceptors (Lipinski definition) is 3. The maximum absolute atomic E-state index is 10.5. The Morgan fingerprint density at radius 3 is 2.69 bits per heavy atom. The summed E-state index contributed by atoms with van der Waals surface area (Å²) in [5, 5.41) is 18.3. The van der Waals surface area contributed by atoms with Crippen LogP contribution in [0.1, 0.15) is 18.1 Å². The molecule has 0 saturated carbocycles. The topological polar surface area (TPSA) is 60.8 Å². The molecule has 1 aromatic carbocycles. The Labute approximate surface area is 95.1 Å². The number of aromatic hydroxyl groups is 1. The Morgan fingerprint density at radius 1 is 1.44 bits per heavy atom. The van der Waals surface area contributed by atoms with E-state index in [1.807, 2.05) is 19.1 Å². The molecule has 16 heavy (non-hydrogen) atoms. The van der Waals surface area contributed by atoms with Gasteiger partial charge in [-0.1, -0.05) is 19.1 Å². The van der Waals surface area contributed by atoms with Gasteiger partial charge in [0, 0.05) is 12.1 Å². The molecular formula is C12H17NO3. The lowest BCUT2D eigenvalue weighted by atomic mass is 10.1. The molecule has 1 rings (SSSR count). The molecule has 88 valence electrons. The van der Waals surface area contributed by atoms with E-state index in [4.69, 9.17) is 5.11 Å². The number of benzene rings is 1. The van der Waals surface area contributed by atoms with Crippen molar-refractivity contribution in [2.75, 3.05) is 13.6 Å². The summed E-state index contributed by atoms with van der Waals surface area (Å²) in [5.74, 6) is -0.650. The van der Waals surface area contributed by atoms with Gasteiger partial charge in [0.2, 0.25) is 0 Å². The number of nitrogens with zero attached hydrogens (tertiary/aromatic N) is 1. The van der Waals surface area contributed by atoms with Crippen molar-refractivity contribution >= 4 is 5.97 Å². The molecule has 4 nitrogen and oxygen atoms in total. The van der Waals surface area contributed by atoms with E-state index in [1.165, 1.54) is 0 Å². The zero-order valence-corrected chi connectivity index (χ0v) is 9.60. The highest BCUT2D eigenvalue weighted by atomic mass is 16.4. The van der Waals surface area contributed by atoms with Gasteiger partial charge in [0.25, 0.3) is 0 Å². The van der Waals surface area contributed by atoms with E-state index in [1.54, 1.807) is 18.0 Å². The van der Waals surface area contributed by atoms with Crippen molar-refractivity contribution in [1.29, 1.82) is 0 Å². The lowest BCUT2D eigenvalue weighted by Crippen LogP contribution is -2.25. The van der Waals surface area contributed by atoms with Crippen LogP contribution < -0.4 is 0 Å². The molecule has 0 radical (unpaired) electrons. The average molecular weight is 223 g/mol.